The molecule has 5 nitrogen and oxygen atoms in total. The van der Waals surface area contributed by atoms with Gasteiger partial charge in [0, 0.05) is 0 Å². The number of halogens is 3. The van der Waals surface area contributed by atoms with E-state index in [0.29, 0.717) is 12.3 Å². The molecule has 1 aliphatic rings. The van der Waals surface area contributed by atoms with Crippen LogP contribution in [0.25, 0.3) is 0 Å². The van der Waals surface area contributed by atoms with Crippen LogP contribution in [0.15, 0.2) is 21.6 Å². The van der Waals surface area contributed by atoms with E-state index >= 15 is 0 Å². The van der Waals surface area contributed by atoms with E-state index in [0.717, 1.165) is 6.07 Å². The summed E-state index contributed by atoms with van der Waals surface area (Å²) in [6.07, 6.45) is -5.10. The zero-order valence-corrected chi connectivity index (χ0v) is 10.9. The standard InChI is InChI=1S/C10H13F3N2O3S/c1-14-6-7-2-3-8(18-7)19(16,17)15-9(4-5-9)10(11,12)13/h2-3,14-15H,4-6H2,1H3. The van der Waals surface area contributed by atoms with Crippen molar-refractivity contribution in [2.75, 3.05) is 7.05 Å². The SMILES string of the molecule is CNCc1ccc(S(=O)(=O)NC2(C(F)(F)F)CC2)o1. The summed E-state index contributed by atoms with van der Waals surface area (Å²) < 4.78 is 68.4. The second-order valence-corrected chi connectivity index (χ2v) is 6.05. The van der Waals surface area contributed by atoms with E-state index in [4.69, 9.17) is 4.42 Å². The fraction of sp³-hybridized carbons (Fsp3) is 0.600. The Hall–Kier alpha value is -1.06. The lowest BCUT2D eigenvalue weighted by atomic mass is 10.3. The molecule has 0 bridgehead atoms. The summed E-state index contributed by atoms with van der Waals surface area (Å²) in [6, 6.07) is 2.54. The molecule has 0 saturated heterocycles. The lowest BCUT2D eigenvalue weighted by Crippen LogP contribution is -2.47. The third-order valence-electron chi connectivity index (χ3n) is 2.88. The molecule has 1 aliphatic carbocycles. The Morgan fingerprint density at radius 2 is 2.00 bits per heavy atom. The maximum atomic E-state index is 12.7. The van der Waals surface area contributed by atoms with Crippen molar-refractivity contribution < 1.29 is 26.0 Å². The molecule has 19 heavy (non-hydrogen) atoms. The Morgan fingerprint density at radius 3 is 2.47 bits per heavy atom. The lowest BCUT2D eigenvalue weighted by Gasteiger charge is -2.19. The first-order valence-corrected chi connectivity index (χ1v) is 7.02. The van der Waals surface area contributed by atoms with Gasteiger partial charge in [0.1, 0.15) is 11.3 Å². The molecule has 0 aromatic carbocycles. The van der Waals surface area contributed by atoms with Crippen molar-refractivity contribution in [3.63, 3.8) is 0 Å². The monoisotopic (exact) mass is 298 g/mol. The third-order valence-corrected chi connectivity index (χ3v) is 4.28. The molecule has 0 unspecified atom stereocenters. The van der Waals surface area contributed by atoms with Gasteiger partial charge in [-0.15, -0.1) is 0 Å². The molecule has 9 heteroatoms. The van der Waals surface area contributed by atoms with Gasteiger partial charge < -0.3 is 9.73 Å². The van der Waals surface area contributed by atoms with Crippen molar-refractivity contribution in [1.29, 1.82) is 0 Å². The van der Waals surface area contributed by atoms with E-state index in [1.54, 1.807) is 11.8 Å². The molecule has 1 saturated carbocycles. The second-order valence-electron chi connectivity index (χ2n) is 4.44. The van der Waals surface area contributed by atoms with Gasteiger partial charge in [0.15, 0.2) is 0 Å². The highest BCUT2D eigenvalue weighted by atomic mass is 32.2. The van der Waals surface area contributed by atoms with E-state index < -0.39 is 26.8 Å². The molecule has 0 aliphatic heterocycles. The molecule has 108 valence electrons. The number of hydrogen-bond acceptors (Lipinski definition) is 4. The minimum absolute atomic E-state index is 0.250. The van der Waals surface area contributed by atoms with Crippen LogP contribution in [0.4, 0.5) is 13.2 Å². The Labute approximate surface area is 108 Å². The van der Waals surface area contributed by atoms with Crippen LogP contribution in [0.2, 0.25) is 0 Å². The number of alkyl halides is 3. The van der Waals surface area contributed by atoms with Gasteiger partial charge in [-0.1, -0.05) is 0 Å². The largest absolute Gasteiger partial charge is 0.447 e. The van der Waals surface area contributed by atoms with E-state index in [1.165, 1.54) is 6.07 Å². The minimum Gasteiger partial charge on any atom is -0.447 e. The van der Waals surface area contributed by atoms with E-state index in [1.807, 2.05) is 0 Å². The average molecular weight is 298 g/mol. The van der Waals surface area contributed by atoms with Crippen LogP contribution in [-0.4, -0.2) is 27.2 Å². The summed E-state index contributed by atoms with van der Waals surface area (Å²) in [5.41, 5.74) is -2.33. The molecule has 1 fully saturated rings. The number of nitrogens with one attached hydrogen (secondary N) is 2. The second kappa shape index (κ2) is 4.50. The number of hydrogen-bond donors (Lipinski definition) is 2. The molecule has 0 amide bonds. The smallest absolute Gasteiger partial charge is 0.407 e. The molecule has 2 rings (SSSR count). The Bertz CT molecular complexity index is 561. The average Bonchev–Trinajstić information content (AvgIpc) is 2.89. The van der Waals surface area contributed by atoms with Gasteiger partial charge in [0.25, 0.3) is 10.0 Å². The molecular formula is C10H13F3N2O3S. The van der Waals surface area contributed by atoms with Gasteiger partial charge in [-0.05, 0) is 32.0 Å². The summed E-state index contributed by atoms with van der Waals surface area (Å²) in [6.45, 7) is 0.292. The van der Waals surface area contributed by atoms with Crippen LogP contribution < -0.4 is 10.0 Å². The minimum atomic E-state index is -4.60. The number of rotatable bonds is 5. The number of furan rings is 1. The van der Waals surface area contributed by atoms with Crippen LogP contribution in [0, 0.1) is 0 Å². The van der Waals surface area contributed by atoms with Crippen molar-refractivity contribution >= 4 is 10.0 Å². The summed E-state index contributed by atoms with van der Waals surface area (Å²) >= 11 is 0. The zero-order chi connectivity index (χ0) is 14.3. The van der Waals surface area contributed by atoms with E-state index in [9.17, 15) is 21.6 Å². The highest BCUT2D eigenvalue weighted by Gasteiger charge is 2.65. The summed E-state index contributed by atoms with van der Waals surface area (Å²) in [5, 5.41) is 2.24. The first kappa shape index (κ1) is 14.4. The van der Waals surface area contributed by atoms with Crippen molar-refractivity contribution in [2.24, 2.45) is 0 Å². The quantitative estimate of drug-likeness (QED) is 0.861. The van der Waals surface area contributed by atoms with Gasteiger partial charge in [-0.25, -0.2) is 8.42 Å². The molecule has 2 N–H and O–H groups in total. The van der Waals surface area contributed by atoms with Crippen LogP contribution in [-0.2, 0) is 16.6 Å². The fourth-order valence-corrected chi connectivity index (χ4v) is 3.05. The highest BCUT2D eigenvalue weighted by molar-refractivity contribution is 7.89. The zero-order valence-electron chi connectivity index (χ0n) is 10.0. The van der Waals surface area contributed by atoms with Gasteiger partial charge >= 0.3 is 6.18 Å². The predicted molar refractivity (Wildman–Crippen MR) is 59.8 cm³/mol. The topological polar surface area (TPSA) is 71.3 Å². The Morgan fingerprint density at radius 1 is 1.37 bits per heavy atom. The van der Waals surface area contributed by atoms with Crippen molar-refractivity contribution in [3.8, 4) is 0 Å². The third kappa shape index (κ3) is 2.77. The normalized spacial score (nSPS) is 18.5. The first-order chi connectivity index (χ1) is 8.70. The van der Waals surface area contributed by atoms with E-state index in [-0.39, 0.29) is 12.8 Å². The Balaban J connectivity index is 2.19. The van der Waals surface area contributed by atoms with Crippen molar-refractivity contribution in [2.45, 2.75) is 36.2 Å². The maximum Gasteiger partial charge on any atom is 0.407 e. The lowest BCUT2D eigenvalue weighted by molar-refractivity contribution is -0.160. The molecule has 0 radical (unpaired) electrons. The maximum absolute atomic E-state index is 12.7. The van der Waals surface area contributed by atoms with Crippen LogP contribution in [0.5, 0.6) is 0 Å². The summed E-state index contributed by atoms with van der Waals surface area (Å²) in [5.74, 6) is 0.333. The summed E-state index contributed by atoms with van der Waals surface area (Å²) in [7, 11) is -2.66. The van der Waals surface area contributed by atoms with Gasteiger partial charge in [-0.2, -0.15) is 17.9 Å². The highest BCUT2D eigenvalue weighted by Crippen LogP contribution is 2.49. The molecule has 0 spiro atoms. The van der Waals surface area contributed by atoms with Gasteiger partial charge in [0.05, 0.1) is 6.54 Å². The van der Waals surface area contributed by atoms with Crippen molar-refractivity contribution in [3.05, 3.63) is 17.9 Å². The Kier molecular flexibility index (Phi) is 3.40. The van der Waals surface area contributed by atoms with Crippen LogP contribution in [0.3, 0.4) is 0 Å². The van der Waals surface area contributed by atoms with Crippen LogP contribution >= 0.6 is 0 Å². The van der Waals surface area contributed by atoms with E-state index in [2.05, 4.69) is 5.32 Å². The molecular weight excluding hydrogens is 285 g/mol. The fourth-order valence-electron chi connectivity index (χ4n) is 1.65. The first-order valence-electron chi connectivity index (χ1n) is 5.54. The van der Waals surface area contributed by atoms with Gasteiger partial charge in [-0.3, -0.25) is 0 Å². The molecule has 0 atom stereocenters. The molecule has 1 aromatic rings. The number of sulfonamides is 1. The van der Waals surface area contributed by atoms with Crippen molar-refractivity contribution in [1.82, 2.24) is 10.0 Å². The summed E-state index contributed by atoms with van der Waals surface area (Å²) in [4.78, 5) is 0. The molecule has 1 aromatic heterocycles. The predicted octanol–water partition coefficient (Wildman–Crippen LogP) is 1.37. The molecule has 1 heterocycles. The van der Waals surface area contributed by atoms with Gasteiger partial charge in [0.2, 0.25) is 5.09 Å². The van der Waals surface area contributed by atoms with Crippen LogP contribution in [0.1, 0.15) is 18.6 Å².